The Bertz CT molecular complexity index is 1080. The molecule has 3 aromatic rings. The Morgan fingerprint density at radius 2 is 1.77 bits per heavy atom. The van der Waals surface area contributed by atoms with Crippen molar-refractivity contribution in [1.82, 2.24) is 5.32 Å². The van der Waals surface area contributed by atoms with Gasteiger partial charge in [0.25, 0.3) is 5.91 Å². The Labute approximate surface area is 177 Å². The zero-order valence-electron chi connectivity index (χ0n) is 16.3. The molecule has 1 fully saturated rings. The first-order valence-corrected chi connectivity index (χ1v) is 10.0. The molecule has 0 aliphatic heterocycles. The highest BCUT2D eigenvalue weighted by Gasteiger charge is 2.37. The Morgan fingerprint density at radius 3 is 2.37 bits per heavy atom. The van der Waals surface area contributed by atoms with Crippen molar-refractivity contribution in [3.05, 3.63) is 70.7 Å². The number of ether oxygens (including phenoxy) is 2. The maximum atomic E-state index is 15.1. The number of fused-ring (bicyclic) bond motifs is 1. The van der Waals surface area contributed by atoms with Gasteiger partial charge in [0, 0.05) is 21.8 Å². The van der Waals surface area contributed by atoms with E-state index in [2.05, 4.69) is 5.32 Å². The molecule has 0 saturated heterocycles. The maximum absolute atomic E-state index is 15.1. The van der Waals surface area contributed by atoms with E-state index in [1.54, 1.807) is 24.3 Å². The second-order valence-corrected chi connectivity index (χ2v) is 7.64. The van der Waals surface area contributed by atoms with Crippen molar-refractivity contribution < 1.29 is 23.0 Å². The van der Waals surface area contributed by atoms with Gasteiger partial charge in [-0.25, -0.2) is 0 Å². The van der Waals surface area contributed by atoms with Crippen molar-refractivity contribution in [3.8, 4) is 11.5 Å². The Balaban J connectivity index is 1.77. The third-order valence-electron chi connectivity index (χ3n) is 5.29. The predicted octanol–water partition coefficient (Wildman–Crippen LogP) is 5.91. The number of halogens is 3. The van der Waals surface area contributed by atoms with E-state index in [0.717, 1.165) is 19.3 Å². The maximum Gasteiger partial charge on any atom is 0.426 e. The number of rotatable bonds is 6. The van der Waals surface area contributed by atoms with E-state index < -0.39 is 12.0 Å². The molecule has 1 aliphatic carbocycles. The summed E-state index contributed by atoms with van der Waals surface area (Å²) in [6, 6.07) is 13.5. The van der Waals surface area contributed by atoms with E-state index in [0.29, 0.717) is 21.5 Å². The lowest BCUT2D eigenvalue weighted by molar-refractivity contribution is -0.184. The van der Waals surface area contributed by atoms with E-state index in [9.17, 15) is 4.79 Å². The third-order valence-corrected chi connectivity index (χ3v) is 5.60. The third kappa shape index (κ3) is 3.92. The highest BCUT2D eigenvalue weighted by molar-refractivity contribution is 6.36. The van der Waals surface area contributed by atoms with Crippen molar-refractivity contribution in [2.24, 2.45) is 0 Å². The smallest absolute Gasteiger partial charge is 0.426 e. The molecule has 3 aromatic carbocycles. The first kappa shape index (κ1) is 20.4. The molecule has 30 heavy (non-hydrogen) atoms. The van der Waals surface area contributed by atoms with Gasteiger partial charge in [-0.1, -0.05) is 35.9 Å². The first-order valence-electron chi connectivity index (χ1n) is 9.62. The monoisotopic (exact) mass is 431 g/mol. The Kier molecular flexibility index (Phi) is 5.52. The molecule has 156 valence electrons. The predicted molar refractivity (Wildman–Crippen MR) is 112 cm³/mol. The molecule has 1 amide bonds. The van der Waals surface area contributed by atoms with E-state index in [1.807, 2.05) is 0 Å². The number of nitrogens with one attached hydrogen (secondary N) is 1. The van der Waals surface area contributed by atoms with Crippen LogP contribution in [-0.2, 0) is 6.11 Å². The van der Waals surface area contributed by atoms with E-state index in [-0.39, 0.29) is 22.9 Å². The number of carbonyl (C=O) groups excluding carboxylic acids is 1. The fraction of sp³-hybridized carbons (Fsp3) is 0.261. The summed E-state index contributed by atoms with van der Waals surface area (Å²) in [7, 11) is 1.45. The fourth-order valence-electron chi connectivity index (χ4n) is 3.37. The van der Waals surface area contributed by atoms with Crippen LogP contribution in [-0.4, -0.2) is 19.1 Å². The highest BCUT2D eigenvalue weighted by atomic mass is 35.5. The van der Waals surface area contributed by atoms with Gasteiger partial charge >= 0.3 is 6.11 Å². The molecular formula is C23H20ClF2NO3. The van der Waals surface area contributed by atoms with Crippen LogP contribution in [0, 0.1) is 0 Å². The summed E-state index contributed by atoms with van der Waals surface area (Å²) >= 11 is 6.35. The average Bonchev–Trinajstić information content (AvgIpc) is 2.72. The number of methoxy groups -OCH3 is 1. The van der Waals surface area contributed by atoms with Crippen molar-refractivity contribution in [1.29, 1.82) is 0 Å². The van der Waals surface area contributed by atoms with Crippen LogP contribution in [0.5, 0.6) is 11.5 Å². The van der Waals surface area contributed by atoms with Crippen LogP contribution < -0.4 is 14.8 Å². The minimum Gasteiger partial charge on any atom is -0.497 e. The van der Waals surface area contributed by atoms with Crippen LogP contribution in [0.15, 0.2) is 54.6 Å². The van der Waals surface area contributed by atoms with Crippen molar-refractivity contribution in [2.45, 2.75) is 31.4 Å². The molecule has 0 spiro atoms. The second kappa shape index (κ2) is 8.11. The number of amides is 1. The molecule has 7 heteroatoms. The zero-order chi connectivity index (χ0) is 21.3. The lowest BCUT2D eigenvalue weighted by Gasteiger charge is -2.27. The van der Waals surface area contributed by atoms with Gasteiger partial charge in [-0.2, -0.15) is 8.78 Å². The Hall–Kier alpha value is -2.86. The van der Waals surface area contributed by atoms with Crippen molar-refractivity contribution in [3.63, 3.8) is 0 Å². The molecule has 0 heterocycles. The minimum atomic E-state index is -3.67. The van der Waals surface area contributed by atoms with Gasteiger partial charge in [-0.3, -0.25) is 4.79 Å². The van der Waals surface area contributed by atoms with Crippen LogP contribution in [0.1, 0.15) is 35.2 Å². The van der Waals surface area contributed by atoms with Gasteiger partial charge in [0.1, 0.15) is 11.5 Å². The molecule has 0 unspecified atom stereocenters. The second-order valence-electron chi connectivity index (χ2n) is 7.23. The van der Waals surface area contributed by atoms with Crippen molar-refractivity contribution >= 4 is 28.3 Å². The molecule has 1 aliphatic rings. The molecule has 0 aromatic heterocycles. The van der Waals surface area contributed by atoms with Gasteiger partial charge in [0.15, 0.2) is 0 Å². The van der Waals surface area contributed by atoms with E-state index in [4.69, 9.17) is 21.1 Å². The molecule has 4 nitrogen and oxygen atoms in total. The lowest BCUT2D eigenvalue weighted by atomic mass is 9.92. The molecular weight excluding hydrogens is 412 g/mol. The number of alkyl halides is 2. The zero-order valence-corrected chi connectivity index (χ0v) is 17.0. The topological polar surface area (TPSA) is 47.6 Å². The molecule has 1 N–H and O–H groups in total. The fourth-order valence-corrected chi connectivity index (χ4v) is 3.64. The summed E-state index contributed by atoms with van der Waals surface area (Å²) in [4.78, 5) is 12.9. The summed E-state index contributed by atoms with van der Waals surface area (Å²) in [5.41, 5.74) is -0.369. The van der Waals surface area contributed by atoms with Crippen molar-refractivity contribution in [2.75, 3.05) is 7.11 Å². The van der Waals surface area contributed by atoms with Gasteiger partial charge < -0.3 is 14.8 Å². The van der Waals surface area contributed by atoms with Gasteiger partial charge in [0.2, 0.25) is 0 Å². The standard InChI is InChI=1S/C23H20ClF2NO3/c1-29-16-11-9-14(10-12-16)23(25,26)30-21-18-8-3-2-7-17(18)20(24)13-19(21)22(28)27-15-5-4-6-15/h2-3,7-13,15H,4-6H2,1H3,(H,27,28). The lowest BCUT2D eigenvalue weighted by Crippen LogP contribution is -2.39. The van der Waals surface area contributed by atoms with Crippen LogP contribution >= 0.6 is 11.6 Å². The van der Waals surface area contributed by atoms with E-state index >= 15 is 8.78 Å². The first-order chi connectivity index (χ1) is 14.4. The summed E-state index contributed by atoms with van der Waals surface area (Å²) in [6.45, 7) is 0. The summed E-state index contributed by atoms with van der Waals surface area (Å²) in [5, 5.41) is 4.03. The van der Waals surface area contributed by atoms with Crippen LogP contribution in [0.25, 0.3) is 10.8 Å². The summed E-state index contributed by atoms with van der Waals surface area (Å²) in [6.07, 6.45) is -0.910. The molecule has 1 saturated carbocycles. The van der Waals surface area contributed by atoms with Crippen LogP contribution in [0.4, 0.5) is 8.78 Å². The SMILES string of the molecule is COc1ccc(C(F)(F)Oc2c(C(=O)NC3CCC3)cc(Cl)c3ccccc23)cc1. The number of hydrogen-bond acceptors (Lipinski definition) is 3. The Morgan fingerprint density at radius 1 is 1.10 bits per heavy atom. The highest BCUT2D eigenvalue weighted by Crippen LogP contribution is 2.41. The molecule has 4 rings (SSSR count). The largest absolute Gasteiger partial charge is 0.497 e. The van der Waals surface area contributed by atoms with E-state index in [1.165, 1.54) is 37.4 Å². The van der Waals surface area contributed by atoms with Gasteiger partial charge in [-0.05, 0) is 49.6 Å². The minimum absolute atomic E-state index is 0.0150. The van der Waals surface area contributed by atoms with Crippen LogP contribution in [0.2, 0.25) is 5.02 Å². The summed E-state index contributed by atoms with van der Waals surface area (Å²) in [5.74, 6) is -0.229. The summed E-state index contributed by atoms with van der Waals surface area (Å²) < 4.78 is 40.4. The van der Waals surface area contributed by atoms with Gasteiger partial charge in [0.05, 0.1) is 18.2 Å². The normalized spacial score (nSPS) is 14.3. The van der Waals surface area contributed by atoms with Crippen LogP contribution in [0.3, 0.4) is 0 Å². The molecule has 0 atom stereocenters. The number of hydrogen-bond donors (Lipinski definition) is 1. The number of carbonyl (C=O) groups is 1. The molecule has 0 bridgehead atoms. The number of benzene rings is 3. The quantitative estimate of drug-likeness (QED) is 0.527. The average molecular weight is 432 g/mol. The molecule has 0 radical (unpaired) electrons. The van der Waals surface area contributed by atoms with Gasteiger partial charge in [-0.15, -0.1) is 0 Å².